The van der Waals surface area contributed by atoms with Crippen molar-refractivity contribution in [3.63, 3.8) is 0 Å². The first-order valence-corrected chi connectivity index (χ1v) is 6.30. The summed E-state index contributed by atoms with van der Waals surface area (Å²) in [6.07, 6.45) is 0. The fourth-order valence-electron chi connectivity index (χ4n) is 4.24. The summed E-state index contributed by atoms with van der Waals surface area (Å²) in [6, 6.07) is 0. The van der Waals surface area contributed by atoms with Gasteiger partial charge in [-0.3, -0.25) is 0 Å². The number of nitrogens with one attached hydrogen (secondary N) is 1. The van der Waals surface area contributed by atoms with Gasteiger partial charge in [-0.05, 0) is 30.8 Å². The van der Waals surface area contributed by atoms with Gasteiger partial charge in [-0.2, -0.15) is 0 Å². The molecule has 15 heavy (non-hydrogen) atoms. The normalized spacial score (nSPS) is 53.2. The van der Waals surface area contributed by atoms with Crippen LogP contribution in [0.25, 0.3) is 0 Å². The molecular weight excluding hydrogens is 186 g/mol. The van der Waals surface area contributed by atoms with E-state index in [0.29, 0.717) is 5.41 Å². The van der Waals surface area contributed by atoms with Crippen LogP contribution < -0.4 is 5.32 Å². The first-order valence-electron chi connectivity index (χ1n) is 6.30. The summed E-state index contributed by atoms with van der Waals surface area (Å²) in [5.74, 6) is 1.81. The molecule has 0 radical (unpaired) electrons. The smallest absolute Gasteiger partial charge is 0.0110 e. The van der Waals surface area contributed by atoms with Crippen LogP contribution in [0.15, 0.2) is 0 Å². The van der Waals surface area contributed by atoms with Gasteiger partial charge in [0.15, 0.2) is 0 Å². The van der Waals surface area contributed by atoms with Gasteiger partial charge in [0.2, 0.25) is 0 Å². The predicted octanol–water partition coefficient (Wildman–Crippen LogP) is 0.0893. The molecule has 0 aromatic carbocycles. The lowest BCUT2D eigenvalue weighted by atomic mass is 9.65. The Hall–Kier alpha value is -0.120. The molecule has 4 bridgehead atoms. The fraction of sp³-hybridized carbons (Fsp3) is 1.00. The molecule has 4 aliphatic rings. The maximum Gasteiger partial charge on any atom is 0.0110 e. The van der Waals surface area contributed by atoms with Crippen LogP contribution >= 0.6 is 0 Å². The number of rotatable bonds is 2. The van der Waals surface area contributed by atoms with Gasteiger partial charge < -0.3 is 15.1 Å². The minimum absolute atomic E-state index is 0.542. The number of hydrogen-bond acceptors (Lipinski definition) is 3. The highest BCUT2D eigenvalue weighted by Gasteiger charge is 2.50. The van der Waals surface area contributed by atoms with Crippen molar-refractivity contribution in [2.45, 2.75) is 6.92 Å². The largest absolute Gasteiger partial charge is 0.319 e. The Bertz CT molecular complexity index is 237. The molecule has 3 heteroatoms. The van der Waals surface area contributed by atoms with Crippen molar-refractivity contribution in [1.29, 1.82) is 0 Å². The van der Waals surface area contributed by atoms with Crippen molar-refractivity contribution in [3.05, 3.63) is 0 Å². The third-order valence-electron chi connectivity index (χ3n) is 4.78. The molecule has 0 aromatic rings. The molecule has 0 saturated carbocycles. The van der Waals surface area contributed by atoms with E-state index >= 15 is 0 Å². The second-order valence-corrected chi connectivity index (χ2v) is 6.05. The van der Waals surface area contributed by atoms with Gasteiger partial charge in [0, 0.05) is 39.3 Å². The molecule has 0 spiro atoms. The molecule has 0 aliphatic carbocycles. The van der Waals surface area contributed by atoms with Gasteiger partial charge in [0.25, 0.3) is 0 Å². The standard InChI is InChI=1S/C12H23N3/c1-12-8-14-3-4-15(9-12)7-10(6-14)11(12)5-13-2/h10-11,13H,3-9H2,1-2H3. The zero-order valence-corrected chi connectivity index (χ0v) is 10.00. The van der Waals surface area contributed by atoms with Gasteiger partial charge in [0.1, 0.15) is 0 Å². The summed E-state index contributed by atoms with van der Waals surface area (Å²) in [7, 11) is 2.10. The molecule has 4 saturated heterocycles. The molecule has 3 nitrogen and oxygen atoms in total. The van der Waals surface area contributed by atoms with Crippen LogP contribution in [0, 0.1) is 17.3 Å². The molecule has 4 heterocycles. The average molecular weight is 209 g/mol. The lowest BCUT2D eigenvalue weighted by Crippen LogP contribution is -2.61. The number of nitrogens with zero attached hydrogens (tertiary/aromatic N) is 2. The highest BCUT2D eigenvalue weighted by Crippen LogP contribution is 2.44. The zero-order valence-electron chi connectivity index (χ0n) is 10.00. The van der Waals surface area contributed by atoms with Crippen molar-refractivity contribution in [1.82, 2.24) is 15.1 Å². The van der Waals surface area contributed by atoms with Gasteiger partial charge >= 0.3 is 0 Å². The monoisotopic (exact) mass is 209 g/mol. The quantitative estimate of drug-likeness (QED) is 0.695. The minimum Gasteiger partial charge on any atom is -0.319 e. The lowest BCUT2D eigenvalue weighted by molar-refractivity contribution is -0.0448. The molecule has 0 aromatic heterocycles. The van der Waals surface area contributed by atoms with Crippen molar-refractivity contribution < 1.29 is 0 Å². The highest BCUT2D eigenvalue weighted by molar-refractivity contribution is 5.03. The summed E-state index contributed by atoms with van der Waals surface area (Å²) in [5.41, 5.74) is 0.542. The molecule has 4 fully saturated rings. The minimum atomic E-state index is 0.542. The fourth-order valence-corrected chi connectivity index (χ4v) is 4.24. The number of fused-ring (bicyclic) bond motifs is 1. The van der Waals surface area contributed by atoms with Gasteiger partial charge in [-0.1, -0.05) is 6.92 Å². The Labute approximate surface area is 92.8 Å². The molecule has 86 valence electrons. The Morgan fingerprint density at radius 3 is 2.27 bits per heavy atom. The lowest BCUT2D eigenvalue weighted by Gasteiger charge is -2.54. The van der Waals surface area contributed by atoms with E-state index < -0.39 is 0 Å². The van der Waals surface area contributed by atoms with E-state index in [-0.39, 0.29) is 0 Å². The molecule has 4 rings (SSSR count). The Kier molecular flexibility index (Phi) is 2.31. The summed E-state index contributed by atoms with van der Waals surface area (Å²) >= 11 is 0. The molecule has 1 N–H and O–H groups in total. The summed E-state index contributed by atoms with van der Waals surface area (Å²) in [5, 5.41) is 3.40. The van der Waals surface area contributed by atoms with Crippen molar-refractivity contribution in [3.8, 4) is 0 Å². The number of hydrogen-bond donors (Lipinski definition) is 1. The van der Waals surface area contributed by atoms with Crippen LogP contribution in [-0.2, 0) is 0 Å². The average Bonchev–Trinajstić information content (AvgIpc) is 2.39. The highest BCUT2D eigenvalue weighted by atomic mass is 15.3. The second kappa shape index (κ2) is 3.44. The van der Waals surface area contributed by atoms with Crippen LogP contribution in [0.5, 0.6) is 0 Å². The number of piperidine rings is 2. The van der Waals surface area contributed by atoms with E-state index in [1.807, 2.05) is 0 Å². The Morgan fingerprint density at radius 1 is 1.20 bits per heavy atom. The van der Waals surface area contributed by atoms with Crippen LogP contribution in [-0.4, -0.2) is 62.7 Å². The van der Waals surface area contributed by atoms with Crippen LogP contribution in [0.1, 0.15) is 6.92 Å². The first kappa shape index (κ1) is 10.1. The van der Waals surface area contributed by atoms with Crippen LogP contribution in [0.2, 0.25) is 0 Å². The molecular formula is C12H23N3. The van der Waals surface area contributed by atoms with E-state index in [2.05, 4.69) is 29.1 Å². The molecule has 3 unspecified atom stereocenters. The third-order valence-corrected chi connectivity index (χ3v) is 4.78. The predicted molar refractivity (Wildman–Crippen MR) is 61.9 cm³/mol. The second-order valence-electron chi connectivity index (χ2n) is 6.05. The van der Waals surface area contributed by atoms with E-state index in [9.17, 15) is 0 Å². The van der Waals surface area contributed by atoms with Crippen molar-refractivity contribution in [2.75, 3.05) is 52.9 Å². The first-order chi connectivity index (χ1) is 7.21. The Morgan fingerprint density at radius 2 is 1.80 bits per heavy atom. The van der Waals surface area contributed by atoms with Crippen molar-refractivity contribution in [2.24, 2.45) is 17.3 Å². The van der Waals surface area contributed by atoms with Crippen molar-refractivity contribution >= 4 is 0 Å². The van der Waals surface area contributed by atoms with E-state index in [0.717, 1.165) is 11.8 Å². The van der Waals surface area contributed by atoms with E-state index in [1.165, 1.54) is 45.8 Å². The SMILES string of the molecule is CNCC1C2CN3CCN(C2)CC1(C)C3. The van der Waals surface area contributed by atoms with Gasteiger partial charge in [0.05, 0.1) is 0 Å². The van der Waals surface area contributed by atoms with Gasteiger partial charge in [-0.15, -0.1) is 0 Å². The zero-order chi connectivity index (χ0) is 10.5. The van der Waals surface area contributed by atoms with E-state index in [4.69, 9.17) is 0 Å². The molecule has 4 aliphatic heterocycles. The summed E-state index contributed by atoms with van der Waals surface area (Å²) < 4.78 is 0. The topological polar surface area (TPSA) is 18.5 Å². The summed E-state index contributed by atoms with van der Waals surface area (Å²) in [6.45, 7) is 11.7. The van der Waals surface area contributed by atoms with E-state index in [1.54, 1.807) is 0 Å². The molecule has 0 amide bonds. The molecule has 3 atom stereocenters. The van der Waals surface area contributed by atoms with Crippen LogP contribution in [0.4, 0.5) is 0 Å². The maximum atomic E-state index is 3.40. The third kappa shape index (κ3) is 1.52. The van der Waals surface area contributed by atoms with Crippen LogP contribution in [0.3, 0.4) is 0 Å². The summed E-state index contributed by atoms with van der Waals surface area (Å²) in [4.78, 5) is 5.40. The maximum absolute atomic E-state index is 3.40. The Balaban J connectivity index is 1.89. The van der Waals surface area contributed by atoms with Gasteiger partial charge in [-0.25, -0.2) is 0 Å².